The highest BCUT2D eigenvalue weighted by molar-refractivity contribution is 5.35. The minimum Gasteiger partial charge on any atom is -0.313 e. The summed E-state index contributed by atoms with van der Waals surface area (Å²) in [5, 5.41) is 3.53. The third kappa shape index (κ3) is 4.35. The molecule has 0 fully saturated rings. The van der Waals surface area contributed by atoms with Crippen LogP contribution in [-0.4, -0.2) is 7.05 Å². The Morgan fingerprint density at radius 1 is 1.05 bits per heavy atom. The van der Waals surface area contributed by atoms with Gasteiger partial charge in [0.1, 0.15) is 0 Å². The van der Waals surface area contributed by atoms with E-state index in [9.17, 15) is 0 Å². The van der Waals surface area contributed by atoms with Crippen LogP contribution in [0.1, 0.15) is 71.0 Å². The van der Waals surface area contributed by atoms with Gasteiger partial charge >= 0.3 is 0 Å². The van der Waals surface area contributed by atoms with Gasteiger partial charge in [0.25, 0.3) is 0 Å². The Morgan fingerprint density at radius 2 is 1.63 bits per heavy atom. The number of hydrogen-bond acceptors (Lipinski definition) is 1. The Hall–Kier alpha value is -0.820. The summed E-state index contributed by atoms with van der Waals surface area (Å²) in [6, 6.07) is 9.38. The van der Waals surface area contributed by atoms with Gasteiger partial charge < -0.3 is 5.32 Å². The van der Waals surface area contributed by atoms with Crippen LogP contribution >= 0.6 is 0 Å². The van der Waals surface area contributed by atoms with Gasteiger partial charge in [0, 0.05) is 6.04 Å². The van der Waals surface area contributed by atoms with E-state index in [0.29, 0.717) is 6.04 Å². The Morgan fingerprint density at radius 3 is 2.11 bits per heavy atom. The normalized spacial score (nSPS) is 13.8. The molecule has 1 unspecified atom stereocenters. The Bertz CT molecular complexity index is 372. The van der Waals surface area contributed by atoms with E-state index in [1.165, 1.54) is 30.4 Å². The second-order valence-corrected chi connectivity index (χ2v) is 6.60. The summed E-state index contributed by atoms with van der Waals surface area (Å²) in [6.45, 7) is 11.5. The van der Waals surface area contributed by atoms with E-state index in [-0.39, 0.29) is 5.41 Å². The molecule has 0 aliphatic heterocycles. The molecule has 108 valence electrons. The van der Waals surface area contributed by atoms with E-state index in [1.807, 2.05) is 0 Å². The maximum absolute atomic E-state index is 3.53. The van der Waals surface area contributed by atoms with Crippen molar-refractivity contribution in [3.8, 4) is 0 Å². The van der Waals surface area contributed by atoms with Crippen molar-refractivity contribution < 1.29 is 0 Å². The fraction of sp³-hybridized carbons (Fsp3) is 0.667. The number of hydrogen-bond donors (Lipinski definition) is 1. The van der Waals surface area contributed by atoms with E-state index >= 15 is 0 Å². The van der Waals surface area contributed by atoms with E-state index in [2.05, 4.69) is 71.2 Å². The molecule has 1 heteroatoms. The summed E-state index contributed by atoms with van der Waals surface area (Å²) in [6.07, 6.45) is 3.77. The zero-order chi connectivity index (χ0) is 14.5. The lowest BCUT2D eigenvalue weighted by Crippen LogP contribution is -2.24. The van der Waals surface area contributed by atoms with Crippen LogP contribution in [0.15, 0.2) is 24.3 Å². The number of rotatable bonds is 6. The maximum Gasteiger partial charge on any atom is 0.0323 e. The van der Waals surface area contributed by atoms with Crippen LogP contribution in [0.5, 0.6) is 0 Å². The lowest BCUT2D eigenvalue weighted by atomic mass is 9.80. The average Bonchev–Trinajstić information content (AvgIpc) is 2.39. The minimum absolute atomic E-state index is 0.208. The maximum atomic E-state index is 3.53. The van der Waals surface area contributed by atoms with Crippen molar-refractivity contribution >= 4 is 0 Å². The molecule has 1 aromatic carbocycles. The Labute approximate surface area is 119 Å². The zero-order valence-corrected chi connectivity index (χ0v) is 13.6. The molecule has 1 N–H and O–H groups in total. The lowest BCUT2D eigenvalue weighted by molar-refractivity contribution is 0.381. The van der Waals surface area contributed by atoms with Gasteiger partial charge in [0.2, 0.25) is 0 Å². The fourth-order valence-corrected chi connectivity index (χ4v) is 2.84. The summed E-state index contributed by atoms with van der Waals surface area (Å²) >= 11 is 0. The molecule has 0 spiro atoms. The highest BCUT2D eigenvalue weighted by atomic mass is 14.9. The third-order valence-corrected chi connectivity index (χ3v) is 4.22. The molecule has 0 aliphatic carbocycles. The van der Waals surface area contributed by atoms with Gasteiger partial charge in [0.05, 0.1) is 0 Å². The molecule has 19 heavy (non-hydrogen) atoms. The molecule has 1 atom stereocenters. The van der Waals surface area contributed by atoms with E-state index in [4.69, 9.17) is 0 Å². The topological polar surface area (TPSA) is 12.0 Å². The van der Waals surface area contributed by atoms with Crippen LogP contribution in [0.4, 0.5) is 0 Å². The molecule has 0 heterocycles. The monoisotopic (exact) mass is 261 g/mol. The van der Waals surface area contributed by atoms with Gasteiger partial charge in [-0.2, -0.15) is 0 Å². The summed E-state index contributed by atoms with van der Waals surface area (Å²) in [5.41, 5.74) is 3.16. The quantitative estimate of drug-likeness (QED) is 0.753. The van der Waals surface area contributed by atoms with Gasteiger partial charge in [-0.15, -0.1) is 0 Å². The highest BCUT2D eigenvalue weighted by Crippen LogP contribution is 2.33. The third-order valence-electron chi connectivity index (χ3n) is 4.22. The van der Waals surface area contributed by atoms with Crippen molar-refractivity contribution in [1.29, 1.82) is 0 Å². The van der Waals surface area contributed by atoms with Gasteiger partial charge in [-0.05, 0) is 35.9 Å². The van der Waals surface area contributed by atoms with Crippen molar-refractivity contribution in [3.63, 3.8) is 0 Å². The lowest BCUT2D eigenvalue weighted by Gasteiger charge is -2.29. The molecular weight excluding hydrogens is 230 g/mol. The first-order chi connectivity index (χ1) is 8.93. The zero-order valence-electron chi connectivity index (χ0n) is 13.6. The number of nitrogens with one attached hydrogen (secondary N) is 1. The average molecular weight is 261 g/mol. The molecule has 0 radical (unpaired) electrons. The largest absolute Gasteiger partial charge is 0.313 e. The molecule has 1 nitrogen and oxygen atoms in total. The number of benzene rings is 1. The first-order valence-electron chi connectivity index (χ1n) is 7.70. The van der Waals surface area contributed by atoms with E-state index in [1.54, 1.807) is 0 Å². The molecule has 1 aromatic rings. The van der Waals surface area contributed by atoms with Crippen LogP contribution in [-0.2, 0) is 5.41 Å². The van der Waals surface area contributed by atoms with E-state index in [0.717, 1.165) is 5.92 Å². The van der Waals surface area contributed by atoms with E-state index < -0.39 is 0 Å². The van der Waals surface area contributed by atoms with Crippen molar-refractivity contribution in [2.45, 2.75) is 65.3 Å². The van der Waals surface area contributed by atoms with Crippen LogP contribution in [0.3, 0.4) is 0 Å². The SMILES string of the molecule is CCC(CC)CC(NC)c1ccccc1C(C)(C)C. The molecule has 0 saturated carbocycles. The highest BCUT2D eigenvalue weighted by Gasteiger charge is 2.23. The molecule has 0 saturated heterocycles. The predicted octanol–water partition coefficient (Wildman–Crippen LogP) is 5.07. The van der Waals surface area contributed by atoms with Crippen LogP contribution in [0, 0.1) is 5.92 Å². The second kappa shape index (κ2) is 7.09. The molecule has 0 bridgehead atoms. The Kier molecular flexibility index (Phi) is 6.06. The van der Waals surface area contributed by atoms with Gasteiger partial charge in [-0.3, -0.25) is 0 Å². The molecule has 0 aromatic heterocycles. The van der Waals surface area contributed by atoms with Crippen molar-refractivity contribution in [1.82, 2.24) is 5.32 Å². The summed E-state index contributed by atoms with van der Waals surface area (Å²) in [4.78, 5) is 0. The van der Waals surface area contributed by atoms with Gasteiger partial charge in [-0.1, -0.05) is 71.7 Å². The fourth-order valence-electron chi connectivity index (χ4n) is 2.84. The predicted molar refractivity (Wildman–Crippen MR) is 85.6 cm³/mol. The molecule has 0 amide bonds. The molecular formula is C18H31N. The minimum atomic E-state index is 0.208. The van der Waals surface area contributed by atoms with Crippen LogP contribution in [0.2, 0.25) is 0 Å². The molecule has 0 aliphatic rings. The standard InChI is InChI=1S/C18H31N/c1-7-14(8-2)13-17(19-6)15-11-9-10-12-16(15)18(3,4)5/h9-12,14,17,19H,7-8,13H2,1-6H3. The van der Waals surface area contributed by atoms with Crippen molar-refractivity contribution in [3.05, 3.63) is 35.4 Å². The van der Waals surface area contributed by atoms with Crippen LogP contribution < -0.4 is 5.32 Å². The smallest absolute Gasteiger partial charge is 0.0323 e. The molecule has 1 rings (SSSR count). The van der Waals surface area contributed by atoms with Gasteiger partial charge in [0.15, 0.2) is 0 Å². The second-order valence-electron chi connectivity index (χ2n) is 6.60. The summed E-state index contributed by atoms with van der Waals surface area (Å²) in [7, 11) is 2.09. The first-order valence-corrected chi connectivity index (χ1v) is 7.70. The Balaban J connectivity index is 3.05. The van der Waals surface area contributed by atoms with Crippen molar-refractivity contribution in [2.24, 2.45) is 5.92 Å². The van der Waals surface area contributed by atoms with Crippen LogP contribution in [0.25, 0.3) is 0 Å². The van der Waals surface area contributed by atoms with Gasteiger partial charge in [-0.25, -0.2) is 0 Å². The van der Waals surface area contributed by atoms with Crippen molar-refractivity contribution in [2.75, 3.05) is 7.05 Å². The first kappa shape index (κ1) is 16.2. The summed E-state index contributed by atoms with van der Waals surface area (Å²) < 4.78 is 0. The summed E-state index contributed by atoms with van der Waals surface area (Å²) in [5.74, 6) is 0.811.